The van der Waals surface area contributed by atoms with Gasteiger partial charge in [-0.1, -0.05) is 12.6 Å². The molecule has 0 amide bonds. The Hall–Kier alpha value is -1.23. The van der Waals surface area contributed by atoms with E-state index >= 15 is 0 Å². The first-order valence-corrected chi connectivity index (χ1v) is 5.53. The molecule has 1 heterocycles. The maximum Gasteiger partial charge on any atom is 0.241 e. The van der Waals surface area contributed by atoms with Crippen LogP contribution in [0.5, 0.6) is 0 Å². The lowest BCUT2D eigenvalue weighted by atomic mass is 9.98. The summed E-state index contributed by atoms with van der Waals surface area (Å²) in [6.07, 6.45) is 3.58. The van der Waals surface area contributed by atoms with Crippen LogP contribution < -0.4 is 21.6 Å². The molecule has 1 N–H and O–H groups in total. The highest BCUT2D eigenvalue weighted by Gasteiger charge is 1.91. The van der Waals surface area contributed by atoms with Crippen molar-refractivity contribution in [3.63, 3.8) is 0 Å². The van der Waals surface area contributed by atoms with Gasteiger partial charge in [0.2, 0.25) is 5.56 Å². The summed E-state index contributed by atoms with van der Waals surface area (Å²) in [5.41, 5.74) is -0.145. The van der Waals surface area contributed by atoms with Crippen LogP contribution in [0.1, 0.15) is 6.92 Å². The van der Waals surface area contributed by atoms with Crippen molar-refractivity contribution in [1.29, 1.82) is 0 Å². The van der Waals surface area contributed by atoms with Crippen LogP contribution in [0.15, 0.2) is 15.9 Å². The van der Waals surface area contributed by atoms with Crippen molar-refractivity contribution in [2.24, 2.45) is 4.99 Å². The minimum Gasteiger partial charge on any atom is -0.323 e. The predicted molar refractivity (Wildman–Crippen MR) is 68.3 cm³/mol. The molecule has 76 valence electrons. The number of nitrogens with zero attached hydrogens (tertiary/aromatic N) is 1. The summed E-state index contributed by atoms with van der Waals surface area (Å²) >= 11 is 1.55. The fourth-order valence-electron chi connectivity index (χ4n) is 0.930. The van der Waals surface area contributed by atoms with Crippen molar-refractivity contribution >= 4 is 42.9 Å². The van der Waals surface area contributed by atoms with Crippen molar-refractivity contribution in [2.75, 3.05) is 6.26 Å². The van der Waals surface area contributed by atoms with E-state index in [-0.39, 0.29) is 11.0 Å². The van der Waals surface area contributed by atoms with Crippen LogP contribution in [0.4, 0.5) is 0 Å². The first-order chi connectivity index (χ1) is 7.04. The summed E-state index contributed by atoms with van der Waals surface area (Å²) in [4.78, 5) is 17.8. The molecule has 3 nitrogen and oxygen atoms in total. The highest BCUT2D eigenvalue weighted by Crippen LogP contribution is 1.95. The largest absolute Gasteiger partial charge is 0.323 e. The van der Waals surface area contributed by atoms with Crippen LogP contribution in [-0.4, -0.2) is 24.1 Å². The fraction of sp³-hybridized carbons (Fsp3) is 0.200. The molecule has 0 aliphatic rings. The Bertz CT molecular complexity index is 548. The molecular weight excluding hydrogens is 207 g/mol. The molecule has 1 aromatic rings. The molecular formula is C10H11BN2OS. The van der Waals surface area contributed by atoms with Crippen LogP contribution in [0.2, 0.25) is 0 Å². The summed E-state index contributed by atoms with van der Waals surface area (Å²) in [6, 6.07) is 1.57. The quantitative estimate of drug-likeness (QED) is 0.377. The normalized spacial score (nSPS) is 13.2. The molecule has 0 bridgehead atoms. The van der Waals surface area contributed by atoms with Crippen molar-refractivity contribution in [3.05, 3.63) is 27.0 Å². The van der Waals surface area contributed by atoms with Gasteiger partial charge in [0.15, 0.2) is 0 Å². The molecule has 0 aliphatic carbocycles. The van der Waals surface area contributed by atoms with Gasteiger partial charge < -0.3 is 4.98 Å². The van der Waals surface area contributed by atoms with Gasteiger partial charge in [0, 0.05) is 16.8 Å². The lowest BCUT2D eigenvalue weighted by molar-refractivity contribution is 1.18. The van der Waals surface area contributed by atoms with Gasteiger partial charge in [-0.25, -0.2) is 0 Å². The molecule has 0 spiro atoms. The number of aliphatic imine (C=N–C) groups is 1. The van der Waals surface area contributed by atoms with Gasteiger partial charge in [-0.15, -0.1) is 11.8 Å². The second-order valence-electron chi connectivity index (χ2n) is 2.97. The molecule has 0 saturated heterocycles. The van der Waals surface area contributed by atoms with E-state index in [1.54, 1.807) is 24.0 Å². The third-order valence-electron chi connectivity index (χ3n) is 1.87. The maximum absolute atomic E-state index is 11.1. The van der Waals surface area contributed by atoms with Crippen molar-refractivity contribution in [1.82, 2.24) is 4.98 Å². The Kier molecular flexibility index (Phi) is 3.97. The molecule has 1 aromatic heterocycles. The maximum atomic E-state index is 11.1. The van der Waals surface area contributed by atoms with E-state index < -0.39 is 0 Å². The van der Waals surface area contributed by atoms with Gasteiger partial charge in [-0.3, -0.25) is 9.79 Å². The van der Waals surface area contributed by atoms with Crippen LogP contribution in [0.3, 0.4) is 0 Å². The standard InChI is InChI=1S/C10H11BN2OS/c1-6-8(5-12-7(2)15-3)4-9(11)10(14)13-6/h4-5H,1H2,2-3H3,(H,13,14)/b8-5-,12-7?. The first kappa shape index (κ1) is 11.8. The smallest absolute Gasteiger partial charge is 0.241 e. The van der Waals surface area contributed by atoms with Gasteiger partial charge in [0.05, 0.1) is 5.04 Å². The highest BCUT2D eigenvalue weighted by atomic mass is 32.2. The Morgan fingerprint density at radius 1 is 1.73 bits per heavy atom. The van der Waals surface area contributed by atoms with Gasteiger partial charge in [0.25, 0.3) is 0 Å². The predicted octanol–water partition coefficient (Wildman–Crippen LogP) is -0.902. The Balaban J connectivity index is 3.34. The molecule has 0 unspecified atom stereocenters. The molecule has 5 heteroatoms. The lowest BCUT2D eigenvalue weighted by Crippen LogP contribution is -2.42. The number of aromatic amines is 1. The van der Waals surface area contributed by atoms with E-state index in [2.05, 4.69) is 16.6 Å². The van der Waals surface area contributed by atoms with Crippen LogP contribution >= 0.6 is 11.8 Å². The van der Waals surface area contributed by atoms with E-state index in [0.29, 0.717) is 5.35 Å². The number of thioether (sulfide) groups is 1. The minimum absolute atomic E-state index is 0.172. The van der Waals surface area contributed by atoms with Gasteiger partial charge in [-0.2, -0.15) is 0 Å². The molecule has 0 aromatic carbocycles. The monoisotopic (exact) mass is 218 g/mol. The van der Waals surface area contributed by atoms with Crippen LogP contribution in [-0.2, 0) is 0 Å². The highest BCUT2D eigenvalue weighted by molar-refractivity contribution is 8.13. The van der Waals surface area contributed by atoms with Crippen LogP contribution in [0.25, 0.3) is 12.8 Å². The second-order valence-corrected chi connectivity index (χ2v) is 3.97. The average Bonchev–Trinajstić information content (AvgIpc) is 2.21. The molecule has 0 saturated carbocycles. The third kappa shape index (κ3) is 3.13. The van der Waals surface area contributed by atoms with Crippen molar-refractivity contribution in [2.45, 2.75) is 6.92 Å². The summed E-state index contributed by atoms with van der Waals surface area (Å²) in [5, 5.41) is 2.17. The lowest BCUT2D eigenvalue weighted by Gasteiger charge is -1.93. The molecule has 1 rings (SSSR count). The Morgan fingerprint density at radius 2 is 2.40 bits per heavy atom. The summed E-state index contributed by atoms with van der Waals surface area (Å²) in [5.74, 6) is 0. The third-order valence-corrected chi connectivity index (χ3v) is 2.56. The van der Waals surface area contributed by atoms with E-state index in [1.165, 1.54) is 0 Å². The van der Waals surface area contributed by atoms with Gasteiger partial charge >= 0.3 is 0 Å². The summed E-state index contributed by atoms with van der Waals surface area (Å²) in [6.45, 7) is 5.61. The molecule has 0 aliphatic heterocycles. The van der Waals surface area contributed by atoms with E-state index in [0.717, 1.165) is 10.3 Å². The number of aromatic nitrogens is 1. The van der Waals surface area contributed by atoms with Gasteiger partial charge in [-0.05, 0) is 18.6 Å². The Labute approximate surface area is 93.4 Å². The minimum atomic E-state index is -0.317. The Morgan fingerprint density at radius 3 is 3.00 bits per heavy atom. The summed E-state index contributed by atoms with van der Waals surface area (Å²) < 4.78 is 0. The second kappa shape index (κ2) is 5.02. The average molecular weight is 218 g/mol. The number of hydrogen-bond donors (Lipinski definition) is 1. The number of H-pyrrole nitrogens is 1. The number of rotatable bonds is 1. The SMILES string of the molecule is [B]c1c/c(=C/N=C(C)SC)c(=C)[nH]c1=O. The molecule has 15 heavy (non-hydrogen) atoms. The molecule has 2 radical (unpaired) electrons. The number of pyridine rings is 1. The first-order valence-electron chi connectivity index (χ1n) is 4.31. The summed E-state index contributed by atoms with van der Waals surface area (Å²) in [7, 11) is 5.48. The van der Waals surface area contributed by atoms with Crippen LogP contribution in [0, 0.1) is 0 Å². The van der Waals surface area contributed by atoms with Crippen molar-refractivity contribution in [3.8, 4) is 0 Å². The van der Waals surface area contributed by atoms with Crippen molar-refractivity contribution < 1.29 is 0 Å². The zero-order valence-corrected chi connectivity index (χ0v) is 9.52. The zero-order valence-electron chi connectivity index (χ0n) is 8.70. The topological polar surface area (TPSA) is 45.2 Å². The molecule has 0 fully saturated rings. The fourth-order valence-corrected chi connectivity index (χ4v) is 1.09. The van der Waals surface area contributed by atoms with E-state index in [4.69, 9.17) is 7.85 Å². The van der Waals surface area contributed by atoms with E-state index in [9.17, 15) is 4.79 Å². The molecule has 0 atom stereocenters. The number of nitrogens with one attached hydrogen (secondary N) is 1. The van der Waals surface area contributed by atoms with Gasteiger partial charge in [0.1, 0.15) is 7.85 Å². The number of hydrogen-bond acceptors (Lipinski definition) is 3. The van der Waals surface area contributed by atoms with E-state index in [1.807, 2.05) is 13.2 Å². The zero-order chi connectivity index (χ0) is 11.4.